The van der Waals surface area contributed by atoms with Crippen molar-refractivity contribution in [3.05, 3.63) is 95.0 Å². The second-order valence-corrected chi connectivity index (χ2v) is 12.8. The minimum Gasteiger partial charge on any atom is -0.352 e. The Morgan fingerprint density at radius 3 is 2.23 bits per heavy atom. The lowest BCUT2D eigenvalue weighted by molar-refractivity contribution is -0.139. The van der Waals surface area contributed by atoms with E-state index in [9.17, 15) is 31.2 Å². The molecule has 0 unspecified atom stereocenters. The van der Waals surface area contributed by atoms with Crippen LogP contribution in [0.4, 0.5) is 18.9 Å². The van der Waals surface area contributed by atoms with Crippen LogP contribution in [0.3, 0.4) is 0 Å². The van der Waals surface area contributed by atoms with E-state index in [0.29, 0.717) is 21.0 Å². The van der Waals surface area contributed by atoms with Crippen LogP contribution in [0.25, 0.3) is 0 Å². The monoisotopic (exact) mass is 635 g/mol. The van der Waals surface area contributed by atoms with E-state index in [1.54, 1.807) is 37.3 Å². The highest BCUT2D eigenvalue weighted by atomic mass is 35.5. The molecule has 0 aliphatic heterocycles. The third kappa shape index (κ3) is 8.29. The minimum atomic E-state index is -4.74. The lowest BCUT2D eigenvalue weighted by Crippen LogP contribution is -2.53. The third-order valence-corrected chi connectivity index (χ3v) is 9.50. The molecule has 3 aromatic carbocycles. The first kappa shape index (κ1) is 32.3. The number of hydrogen-bond acceptors (Lipinski definition) is 4. The van der Waals surface area contributed by atoms with Crippen LogP contribution in [0, 0.1) is 0 Å². The molecule has 1 fully saturated rings. The first-order chi connectivity index (χ1) is 20.4. The second-order valence-electron chi connectivity index (χ2n) is 10.5. The summed E-state index contributed by atoms with van der Waals surface area (Å²) in [6.07, 6.45) is -0.0462. The molecule has 0 saturated heterocycles. The van der Waals surface area contributed by atoms with Gasteiger partial charge in [0.05, 0.1) is 16.1 Å². The maximum absolute atomic E-state index is 14.0. The molecule has 1 atom stereocenters. The lowest BCUT2D eigenvalue weighted by atomic mass is 9.95. The third-order valence-electron chi connectivity index (χ3n) is 7.46. The number of nitrogens with zero attached hydrogens (tertiary/aromatic N) is 2. The summed E-state index contributed by atoms with van der Waals surface area (Å²) in [5, 5.41) is 3.47. The molecule has 2 amide bonds. The topological polar surface area (TPSA) is 86.8 Å². The molecule has 7 nitrogen and oxygen atoms in total. The van der Waals surface area contributed by atoms with Crippen molar-refractivity contribution in [1.82, 2.24) is 10.2 Å². The molecule has 1 aliphatic carbocycles. The van der Waals surface area contributed by atoms with Gasteiger partial charge in [-0.2, -0.15) is 13.2 Å². The molecule has 0 heterocycles. The molecule has 0 radical (unpaired) electrons. The molecule has 3 aromatic rings. The first-order valence-electron chi connectivity index (χ1n) is 14.0. The largest absolute Gasteiger partial charge is 0.416 e. The summed E-state index contributed by atoms with van der Waals surface area (Å²) >= 11 is 6.02. The molecule has 1 saturated carbocycles. The number of hydrogen-bond donors (Lipinski definition) is 1. The van der Waals surface area contributed by atoms with Gasteiger partial charge in [-0.05, 0) is 67.8 Å². The molecule has 1 N–H and O–H groups in total. The zero-order valence-corrected chi connectivity index (χ0v) is 25.1. The smallest absolute Gasteiger partial charge is 0.352 e. The molecule has 1 aliphatic rings. The van der Waals surface area contributed by atoms with E-state index >= 15 is 0 Å². The Labute approximate surface area is 254 Å². The van der Waals surface area contributed by atoms with Crippen LogP contribution in [-0.2, 0) is 32.3 Å². The molecule has 12 heteroatoms. The van der Waals surface area contributed by atoms with Gasteiger partial charge in [-0.3, -0.25) is 13.9 Å². The van der Waals surface area contributed by atoms with Gasteiger partial charge in [0.15, 0.2) is 0 Å². The number of benzene rings is 3. The summed E-state index contributed by atoms with van der Waals surface area (Å²) < 4.78 is 69.0. The van der Waals surface area contributed by atoms with Crippen LogP contribution in [-0.4, -0.2) is 43.8 Å². The summed E-state index contributed by atoms with van der Waals surface area (Å²) in [4.78, 5) is 28.4. The number of halogens is 4. The van der Waals surface area contributed by atoms with Crippen molar-refractivity contribution in [2.45, 2.75) is 68.7 Å². The number of anilines is 1. The van der Waals surface area contributed by atoms with Crippen LogP contribution in [0.15, 0.2) is 83.8 Å². The van der Waals surface area contributed by atoms with Crippen molar-refractivity contribution >= 4 is 39.1 Å². The molecule has 0 bridgehead atoms. The Kier molecular flexibility index (Phi) is 10.4. The normalized spacial score (nSPS) is 15.0. The number of nitrogens with one attached hydrogen (secondary N) is 1. The van der Waals surface area contributed by atoms with Crippen molar-refractivity contribution in [1.29, 1.82) is 0 Å². The van der Waals surface area contributed by atoms with Gasteiger partial charge in [0.2, 0.25) is 11.8 Å². The van der Waals surface area contributed by atoms with Crippen LogP contribution >= 0.6 is 11.6 Å². The molecule has 43 heavy (non-hydrogen) atoms. The van der Waals surface area contributed by atoms with Crippen LogP contribution in [0.1, 0.15) is 50.2 Å². The fraction of sp³-hybridized carbons (Fsp3) is 0.355. The van der Waals surface area contributed by atoms with E-state index in [0.717, 1.165) is 44.2 Å². The van der Waals surface area contributed by atoms with Gasteiger partial charge in [-0.25, -0.2) is 8.42 Å². The standard InChI is InChI=1S/C31H33ClF3N3O4S/c1-22(30(40)36-26-10-4-2-5-11-26)37(20-23-15-17-25(32)18-16-23)29(39)21-38(43(41,42)28-13-6-3-7-14-28)27-12-8-9-24(19-27)31(33,34)35/h3,6-9,12-19,22,26H,2,4-5,10-11,20-21H2,1H3,(H,36,40)/t22-/m0/s1. The van der Waals surface area contributed by atoms with E-state index in [2.05, 4.69) is 5.32 Å². The van der Waals surface area contributed by atoms with E-state index in [4.69, 9.17) is 11.6 Å². The van der Waals surface area contributed by atoms with Crippen molar-refractivity contribution in [3.8, 4) is 0 Å². The second kappa shape index (κ2) is 13.8. The summed E-state index contributed by atoms with van der Waals surface area (Å²) in [6, 6.07) is 16.5. The summed E-state index contributed by atoms with van der Waals surface area (Å²) in [5.74, 6) is -1.16. The molecule has 0 aromatic heterocycles. The fourth-order valence-corrected chi connectivity index (χ4v) is 6.58. The number of alkyl halides is 3. The average Bonchev–Trinajstić information content (AvgIpc) is 2.99. The molecule has 0 spiro atoms. The number of amides is 2. The van der Waals surface area contributed by atoms with Gasteiger partial charge in [0, 0.05) is 17.6 Å². The lowest BCUT2D eigenvalue weighted by Gasteiger charge is -2.33. The quantitative estimate of drug-likeness (QED) is 0.279. The predicted octanol–water partition coefficient (Wildman–Crippen LogP) is 6.42. The van der Waals surface area contributed by atoms with Crippen LogP contribution < -0.4 is 9.62 Å². The Hall–Kier alpha value is -3.57. The van der Waals surface area contributed by atoms with Crippen molar-refractivity contribution in [2.75, 3.05) is 10.8 Å². The SMILES string of the molecule is C[C@@H](C(=O)NC1CCCCC1)N(Cc1ccc(Cl)cc1)C(=O)CN(c1cccc(C(F)(F)F)c1)S(=O)(=O)c1ccccc1. The summed E-state index contributed by atoms with van der Waals surface area (Å²) in [5.41, 5.74) is -0.770. The van der Waals surface area contributed by atoms with Crippen LogP contribution in [0.5, 0.6) is 0 Å². The van der Waals surface area contributed by atoms with Gasteiger partial charge in [0.1, 0.15) is 12.6 Å². The predicted molar refractivity (Wildman–Crippen MR) is 159 cm³/mol. The molecule has 4 rings (SSSR count). The molecular weight excluding hydrogens is 603 g/mol. The van der Waals surface area contributed by atoms with Crippen molar-refractivity contribution < 1.29 is 31.2 Å². The molecule has 230 valence electrons. The van der Waals surface area contributed by atoms with E-state index in [1.165, 1.54) is 35.2 Å². The van der Waals surface area contributed by atoms with Crippen molar-refractivity contribution in [2.24, 2.45) is 0 Å². The maximum Gasteiger partial charge on any atom is 0.416 e. The van der Waals surface area contributed by atoms with Gasteiger partial charge in [0.25, 0.3) is 10.0 Å². The maximum atomic E-state index is 14.0. The highest BCUT2D eigenvalue weighted by Gasteiger charge is 2.35. The van der Waals surface area contributed by atoms with Gasteiger partial charge in [-0.1, -0.05) is 67.3 Å². The first-order valence-corrected chi connectivity index (χ1v) is 15.8. The zero-order chi connectivity index (χ0) is 31.2. The van der Waals surface area contributed by atoms with Crippen molar-refractivity contribution in [3.63, 3.8) is 0 Å². The Bertz CT molecular complexity index is 1510. The summed E-state index contributed by atoms with van der Waals surface area (Å²) in [7, 11) is -4.49. The van der Waals surface area contributed by atoms with Gasteiger partial charge < -0.3 is 10.2 Å². The fourth-order valence-electron chi connectivity index (χ4n) is 5.02. The Balaban J connectivity index is 1.71. The van der Waals surface area contributed by atoms with E-state index < -0.39 is 46.2 Å². The van der Waals surface area contributed by atoms with Gasteiger partial charge in [-0.15, -0.1) is 0 Å². The summed E-state index contributed by atoms with van der Waals surface area (Å²) in [6.45, 7) is 0.649. The van der Waals surface area contributed by atoms with Crippen LogP contribution in [0.2, 0.25) is 5.02 Å². The molecular formula is C31H33ClF3N3O4S. The number of carbonyl (C=O) groups excluding carboxylic acids is 2. The van der Waals surface area contributed by atoms with E-state index in [1.807, 2.05) is 0 Å². The average molecular weight is 636 g/mol. The highest BCUT2D eigenvalue weighted by Crippen LogP contribution is 2.33. The van der Waals surface area contributed by atoms with E-state index in [-0.39, 0.29) is 23.2 Å². The Morgan fingerprint density at radius 2 is 1.60 bits per heavy atom. The number of rotatable bonds is 10. The number of carbonyl (C=O) groups is 2. The minimum absolute atomic E-state index is 0.0313. The Morgan fingerprint density at radius 1 is 0.953 bits per heavy atom. The van der Waals surface area contributed by atoms with Gasteiger partial charge >= 0.3 is 6.18 Å². The number of sulfonamides is 1. The zero-order valence-electron chi connectivity index (χ0n) is 23.6. The highest BCUT2D eigenvalue weighted by molar-refractivity contribution is 7.92.